The Morgan fingerprint density at radius 1 is 1.04 bits per heavy atom. The molecule has 0 aliphatic carbocycles. The van der Waals surface area contributed by atoms with E-state index in [0.29, 0.717) is 11.1 Å². The van der Waals surface area contributed by atoms with Crippen molar-refractivity contribution in [1.29, 1.82) is 0 Å². The molecule has 1 N–H and O–H groups in total. The fourth-order valence-electron chi connectivity index (χ4n) is 3.38. The van der Waals surface area contributed by atoms with Crippen molar-refractivity contribution in [2.24, 2.45) is 0 Å². The van der Waals surface area contributed by atoms with Crippen LogP contribution in [0.15, 0.2) is 66.7 Å². The summed E-state index contributed by atoms with van der Waals surface area (Å²) >= 11 is 0. The summed E-state index contributed by atoms with van der Waals surface area (Å²) in [5, 5.41) is 10.8. The van der Waals surface area contributed by atoms with Crippen LogP contribution >= 0.6 is 0 Å². The summed E-state index contributed by atoms with van der Waals surface area (Å²) in [6.07, 6.45) is -1.03. The van der Waals surface area contributed by atoms with Crippen LogP contribution in [0, 0.1) is 0 Å². The molecule has 0 saturated heterocycles. The van der Waals surface area contributed by atoms with Crippen molar-refractivity contribution < 1.29 is 24.2 Å². The van der Waals surface area contributed by atoms with Gasteiger partial charge in [-0.15, -0.1) is 0 Å². The molecule has 2 aromatic rings. The van der Waals surface area contributed by atoms with E-state index >= 15 is 0 Å². The normalized spacial score (nSPS) is 15.1. The zero-order valence-corrected chi connectivity index (χ0v) is 15.5. The summed E-state index contributed by atoms with van der Waals surface area (Å²) in [4.78, 5) is 38.6. The van der Waals surface area contributed by atoms with Crippen molar-refractivity contribution >= 4 is 17.8 Å². The minimum atomic E-state index is -1.17. The van der Waals surface area contributed by atoms with E-state index in [-0.39, 0.29) is 18.4 Å². The molecule has 0 saturated carbocycles. The number of methoxy groups -OCH3 is 1. The molecule has 3 rings (SSSR count). The number of aliphatic hydroxyl groups is 1. The van der Waals surface area contributed by atoms with Crippen LogP contribution in [0.3, 0.4) is 0 Å². The molecule has 6 heteroatoms. The number of carbonyl (C=O) groups excluding carboxylic acids is 3. The fraction of sp³-hybridized carbons (Fsp3) is 0.227. The maximum Gasteiger partial charge on any atom is 0.333 e. The molecule has 1 aliphatic heterocycles. The highest BCUT2D eigenvalue weighted by atomic mass is 16.5. The molecule has 0 bridgehead atoms. The summed E-state index contributed by atoms with van der Waals surface area (Å²) in [5.74, 6) is -1.55. The minimum Gasteiger partial charge on any atom is -0.466 e. The molecule has 144 valence electrons. The van der Waals surface area contributed by atoms with Crippen molar-refractivity contribution in [3.8, 4) is 0 Å². The van der Waals surface area contributed by atoms with Gasteiger partial charge in [0.05, 0.1) is 30.4 Å². The van der Waals surface area contributed by atoms with Gasteiger partial charge in [0.1, 0.15) is 0 Å². The van der Waals surface area contributed by atoms with Crippen LogP contribution < -0.4 is 0 Å². The van der Waals surface area contributed by atoms with Gasteiger partial charge in [0, 0.05) is 12.0 Å². The lowest BCUT2D eigenvalue weighted by Crippen LogP contribution is -2.48. The number of fused-ring (bicyclic) bond motifs is 1. The van der Waals surface area contributed by atoms with E-state index in [2.05, 4.69) is 11.3 Å². The molecule has 0 radical (unpaired) electrons. The largest absolute Gasteiger partial charge is 0.466 e. The van der Waals surface area contributed by atoms with Crippen molar-refractivity contribution in [2.75, 3.05) is 7.11 Å². The summed E-state index contributed by atoms with van der Waals surface area (Å²) in [6, 6.07) is 15.0. The molecular formula is C22H21NO5. The van der Waals surface area contributed by atoms with Crippen LogP contribution in [0.4, 0.5) is 0 Å². The second-order valence-corrected chi connectivity index (χ2v) is 6.65. The highest BCUT2D eigenvalue weighted by Gasteiger charge is 2.42. The number of nitrogens with zero attached hydrogens (tertiary/aromatic N) is 1. The van der Waals surface area contributed by atoms with Gasteiger partial charge in [-0.05, 0) is 24.1 Å². The highest BCUT2D eigenvalue weighted by Crippen LogP contribution is 2.28. The molecule has 0 aromatic heterocycles. The smallest absolute Gasteiger partial charge is 0.333 e. The molecule has 2 atom stereocenters. The zero-order valence-electron chi connectivity index (χ0n) is 15.5. The Morgan fingerprint density at radius 2 is 1.57 bits per heavy atom. The summed E-state index contributed by atoms with van der Waals surface area (Å²) in [6.45, 7) is 3.64. The second kappa shape index (κ2) is 8.19. The van der Waals surface area contributed by atoms with Crippen LogP contribution in [0.25, 0.3) is 0 Å². The van der Waals surface area contributed by atoms with E-state index in [9.17, 15) is 19.5 Å². The van der Waals surface area contributed by atoms with Crippen LogP contribution in [-0.2, 0) is 16.0 Å². The third-order valence-electron chi connectivity index (χ3n) is 4.82. The predicted octanol–water partition coefficient (Wildman–Crippen LogP) is 2.37. The maximum atomic E-state index is 12.9. The van der Waals surface area contributed by atoms with Crippen molar-refractivity contribution in [2.45, 2.75) is 25.0 Å². The van der Waals surface area contributed by atoms with E-state index in [1.54, 1.807) is 24.3 Å². The number of hydrogen-bond donors (Lipinski definition) is 1. The standard InChI is InChI=1S/C22H21NO5/c1-14(22(27)28-2)12-19(24)18(13-15-8-4-3-5-9-15)23-20(25)16-10-6-7-11-17(16)21(23)26/h3-11,18-19,24H,1,12-13H2,2H3/t18-,19+/m0/s1. The van der Waals surface area contributed by atoms with Gasteiger partial charge in [-0.2, -0.15) is 0 Å². The average molecular weight is 379 g/mol. The van der Waals surface area contributed by atoms with E-state index in [0.717, 1.165) is 10.5 Å². The Morgan fingerprint density at radius 3 is 2.11 bits per heavy atom. The predicted molar refractivity (Wildman–Crippen MR) is 103 cm³/mol. The number of hydrogen-bond acceptors (Lipinski definition) is 5. The third-order valence-corrected chi connectivity index (χ3v) is 4.82. The molecule has 28 heavy (non-hydrogen) atoms. The first-order valence-electron chi connectivity index (χ1n) is 8.89. The van der Waals surface area contributed by atoms with Crippen molar-refractivity contribution in [1.82, 2.24) is 4.90 Å². The number of benzene rings is 2. The molecule has 1 aliphatic rings. The van der Waals surface area contributed by atoms with E-state index < -0.39 is 29.9 Å². The van der Waals surface area contributed by atoms with Gasteiger partial charge >= 0.3 is 5.97 Å². The maximum absolute atomic E-state index is 12.9. The number of aliphatic hydroxyl groups excluding tert-OH is 1. The first kappa shape index (κ1) is 19.5. The SMILES string of the molecule is C=C(C[C@@H](O)[C@H](Cc1ccccc1)N1C(=O)c2ccccc2C1=O)C(=O)OC. The van der Waals surface area contributed by atoms with Crippen molar-refractivity contribution in [3.63, 3.8) is 0 Å². The van der Waals surface area contributed by atoms with Gasteiger partial charge in [0.25, 0.3) is 11.8 Å². The lowest BCUT2D eigenvalue weighted by molar-refractivity contribution is -0.136. The number of imide groups is 1. The Bertz CT molecular complexity index is 887. The average Bonchev–Trinajstić information content (AvgIpc) is 2.97. The Balaban J connectivity index is 1.93. The second-order valence-electron chi connectivity index (χ2n) is 6.65. The van der Waals surface area contributed by atoms with Gasteiger partial charge in [0.15, 0.2) is 0 Å². The highest BCUT2D eigenvalue weighted by molar-refractivity contribution is 6.21. The lowest BCUT2D eigenvalue weighted by atomic mass is 9.95. The van der Waals surface area contributed by atoms with Gasteiger partial charge in [-0.3, -0.25) is 14.5 Å². The Hall–Kier alpha value is -3.25. The molecule has 0 unspecified atom stereocenters. The zero-order chi connectivity index (χ0) is 20.3. The van der Waals surface area contributed by atoms with Crippen LogP contribution in [0.1, 0.15) is 32.7 Å². The van der Waals surface area contributed by atoms with E-state index in [1.165, 1.54) is 7.11 Å². The van der Waals surface area contributed by atoms with Gasteiger partial charge in [0.2, 0.25) is 0 Å². The number of amides is 2. The Kier molecular flexibility index (Phi) is 5.70. The Labute approximate surface area is 163 Å². The number of carbonyl (C=O) groups is 3. The number of rotatable bonds is 7. The van der Waals surface area contributed by atoms with Crippen LogP contribution in [0.2, 0.25) is 0 Å². The topological polar surface area (TPSA) is 83.9 Å². The molecule has 1 heterocycles. The monoisotopic (exact) mass is 379 g/mol. The minimum absolute atomic E-state index is 0.0738. The van der Waals surface area contributed by atoms with Crippen LogP contribution in [-0.4, -0.2) is 47.0 Å². The van der Waals surface area contributed by atoms with E-state index in [4.69, 9.17) is 0 Å². The molecule has 2 aromatic carbocycles. The molecule has 6 nitrogen and oxygen atoms in total. The van der Waals surface area contributed by atoms with Crippen molar-refractivity contribution in [3.05, 3.63) is 83.4 Å². The summed E-state index contributed by atoms with van der Waals surface area (Å²) in [5.41, 5.74) is 1.55. The number of esters is 1. The fourth-order valence-corrected chi connectivity index (χ4v) is 3.38. The number of ether oxygens (including phenoxy) is 1. The van der Waals surface area contributed by atoms with Gasteiger partial charge < -0.3 is 9.84 Å². The molecule has 2 amide bonds. The van der Waals surface area contributed by atoms with Gasteiger partial charge in [-0.1, -0.05) is 49.0 Å². The summed E-state index contributed by atoms with van der Waals surface area (Å²) in [7, 11) is 1.23. The third kappa shape index (κ3) is 3.73. The molecule has 0 spiro atoms. The van der Waals surface area contributed by atoms with Crippen LogP contribution in [0.5, 0.6) is 0 Å². The quantitative estimate of drug-likeness (QED) is 0.454. The molecular weight excluding hydrogens is 358 g/mol. The first-order chi connectivity index (χ1) is 13.4. The first-order valence-corrected chi connectivity index (χ1v) is 8.89. The van der Waals surface area contributed by atoms with Gasteiger partial charge in [-0.25, -0.2) is 4.79 Å². The van der Waals surface area contributed by atoms with E-state index in [1.807, 2.05) is 30.3 Å². The molecule has 0 fully saturated rings. The summed E-state index contributed by atoms with van der Waals surface area (Å²) < 4.78 is 4.63. The lowest BCUT2D eigenvalue weighted by Gasteiger charge is -2.30.